The number of hydrogen-bond donors (Lipinski definition) is 3. The van der Waals surface area contributed by atoms with Crippen LogP contribution < -0.4 is 10.6 Å². The molecule has 0 saturated heterocycles. The molecular weight excluding hydrogens is 425 g/mol. The summed E-state index contributed by atoms with van der Waals surface area (Å²) < 4.78 is 64.8. The third-order valence-corrected chi connectivity index (χ3v) is 4.74. The molecule has 3 radical (unpaired) electrons. The highest BCUT2D eigenvalue weighted by atomic mass is 28.1. The predicted octanol–water partition coefficient (Wildman–Crippen LogP) is 3.56. The lowest BCUT2D eigenvalue weighted by Gasteiger charge is -2.27. The first-order valence-corrected chi connectivity index (χ1v) is 8.91. The van der Waals surface area contributed by atoms with Crippen LogP contribution in [0.15, 0.2) is 42.6 Å². The molecule has 155 valence electrons. The first-order valence-electron chi connectivity index (χ1n) is 8.41. The van der Waals surface area contributed by atoms with Crippen LogP contribution in [-0.2, 0) is 20.9 Å². The molecule has 0 unspecified atom stereocenters. The smallest absolute Gasteiger partial charge is 0.359 e. The van der Waals surface area contributed by atoms with Crippen molar-refractivity contribution in [1.82, 2.24) is 10.3 Å². The van der Waals surface area contributed by atoms with Gasteiger partial charge in [0.1, 0.15) is 0 Å². The molecule has 0 fully saturated rings. The summed E-state index contributed by atoms with van der Waals surface area (Å²) >= 11 is 0. The number of nitrogens with one attached hydrogen (secondary N) is 3. The summed E-state index contributed by atoms with van der Waals surface area (Å²) in [5.74, 6) is -4.43. The Labute approximate surface area is 170 Å². The first kappa shape index (κ1) is 21.5. The van der Waals surface area contributed by atoms with Crippen LogP contribution in [-0.4, -0.2) is 27.0 Å². The summed E-state index contributed by atoms with van der Waals surface area (Å²) in [7, 11) is 3.24. The van der Waals surface area contributed by atoms with Crippen LogP contribution in [0, 0.1) is 11.6 Å². The van der Waals surface area contributed by atoms with Crippen molar-refractivity contribution in [3.8, 4) is 0 Å². The molecule has 0 aliphatic heterocycles. The number of carbonyl (C=O) groups excluding carboxylic acids is 2. The molecule has 3 rings (SSSR count). The average molecular weight is 438 g/mol. The summed E-state index contributed by atoms with van der Waals surface area (Å²) in [5, 5.41) is 3.42. The zero-order valence-corrected chi connectivity index (χ0v) is 16.2. The largest absolute Gasteiger partial charge is 0.416 e. The number of amides is 2. The molecule has 30 heavy (non-hydrogen) atoms. The van der Waals surface area contributed by atoms with E-state index in [0.717, 1.165) is 36.4 Å². The molecular formula is C19H13F5N3O2Si. The van der Waals surface area contributed by atoms with Crippen molar-refractivity contribution < 1.29 is 31.5 Å². The normalized spacial score (nSPS) is 13.7. The Morgan fingerprint density at radius 2 is 1.53 bits per heavy atom. The highest BCUT2D eigenvalue weighted by molar-refractivity contribution is 6.41. The Balaban J connectivity index is 1.73. The molecule has 1 atom stereocenters. The van der Waals surface area contributed by atoms with Gasteiger partial charge in [0, 0.05) is 22.8 Å². The standard InChI is InChI=1S/C19H13F5N3O2Si/c1-18(30,9-2-4-10(5-3-9)19(22,23)24)27-17(29)16(28)26-15-8-25-14-7-13(21)12(20)6-11(14)15/h2-8,25H,1H3,(H,26,28)(H,27,29)/t18-/m0/s1. The van der Waals surface area contributed by atoms with Gasteiger partial charge in [-0.3, -0.25) is 9.59 Å². The summed E-state index contributed by atoms with van der Waals surface area (Å²) in [5.41, 5.74) is -0.340. The van der Waals surface area contributed by atoms with E-state index in [4.69, 9.17) is 0 Å². The number of anilines is 1. The fourth-order valence-electron chi connectivity index (χ4n) is 2.75. The molecule has 0 spiro atoms. The van der Waals surface area contributed by atoms with E-state index in [1.165, 1.54) is 13.1 Å². The molecule has 2 amide bonds. The molecule has 0 bridgehead atoms. The van der Waals surface area contributed by atoms with E-state index in [0.29, 0.717) is 0 Å². The van der Waals surface area contributed by atoms with Gasteiger partial charge in [-0.05, 0) is 30.7 Å². The van der Waals surface area contributed by atoms with E-state index < -0.39 is 40.4 Å². The Kier molecular flexibility index (Phi) is 5.41. The maximum Gasteiger partial charge on any atom is 0.416 e. The van der Waals surface area contributed by atoms with Crippen molar-refractivity contribution in [2.45, 2.75) is 18.3 Å². The minimum absolute atomic E-state index is 0.0502. The van der Waals surface area contributed by atoms with E-state index in [1.54, 1.807) is 0 Å². The number of H-pyrrole nitrogens is 1. The Morgan fingerprint density at radius 1 is 0.967 bits per heavy atom. The third-order valence-electron chi connectivity index (χ3n) is 4.33. The van der Waals surface area contributed by atoms with Gasteiger partial charge in [0.2, 0.25) is 0 Å². The molecule has 3 N–H and O–H groups in total. The molecule has 5 nitrogen and oxygen atoms in total. The highest BCUT2D eigenvalue weighted by Crippen LogP contribution is 2.30. The van der Waals surface area contributed by atoms with E-state index in [-0.39, 0.29) is 22.2 Å². The number of aromatic amines is 1. The van der Waals surface area contributed by atoms with Gasteiger partial charge in [-0.2, -0.15) is 13.2 Å². The predicted molar refractivity (Wildman–Crippen MR) is 99.5 cm³/mol. The minimum atomic E-state index is -4.51. The molecule has 0 saturated carbocycles. The molecule has 0 aliphatic rings. The van der Waals surface area contributed by atoms with Gasteiger partial charge >= 0.3 is 18.0 Å². The van der Waals surface area contributed by atoms with Crippen molar-refractivity contribution in [2.75, 3.05) is 5.32 Å². The number of alkyl halides is 3. The third kappa shape index (κ3) is 4.35. The van der Waals surface area contributed by atoms with E-state index in [9.17, 15) is 31.5 Å². The summed E-state index contributed by atoms with van der Waals surface area (Å²) in [4.78, 5) is 27.1. The van der Waals surface area contributed by atoms with Crippen LogP contribution in [0.1, 0.15) is 18.1 Å². The van der Waals surface area contributed by atoms with Crippen molar-refractivity contribution in [3.63, 3.8) is 0 Å². The topological polar surface area (TPSA) is 74.0 Å². The first-order chi connectivity index (χ1) is 13.9. The van der Waals surface area contributed by atoms with E-state index in [1.807, 2.05) is 0 Å². The monoisotopic (exact) mass is 438 g/mol. The van der Waals surface area contributed by atoms with Crippen LogP contribution in [0.4, 0.5) is 27.6 Å². The lowest BCUT2D eigenvalue weighted by Crippen LogP contribution is -2.48. The molecule has 2 aromatic carbocycles. The van der Waals surface area contributed by atoms with E-state index >= 15 is 0 Å². The molecule has 1 aromatic heterocycles. The van der Waals surface area contributed by atoms with Crippen LogP contribution in [0.2, 0.25) is 0 Å². The lowest BCUT2D eigenvalue weighted by molar-refractivity contribution is -0.137. The quantitative estimate of drug-likeness (QED) is 0.332. The fraction of sp³-hybridized carbons (Fsp3) is 0.158. The SMILES string of the molecule is C[C@@]([Si])(NC(=O)C(=O)Nc1c[nH]c2cc(F)c(F)cc12)c1ccc(C(F)(F)F)cc1. The summed E-state index contributed by atoms with van der Waals surface area (Å²) in [6.07, 6.45) is -3.25. The minimum Gasteiger partial charge on any atom is -0.359 e. The number of fused-ring (bicyclic) bond motifs is 1. The second-order valence-corrected chi connectivity index (χ2v) is 7.62. The highest BCUT2D eigenvalue weighted by Gasteiger charge is 2.32. The summed E-state index contributed by atoms with van der Waals surface area (Å²) in [6, 6.07) is 5.78. The van der Waals surface area contributed by atoms with Gasteiger partial charge in [-0.15, -0.1) is 0 Å². The van der Waals surface area contributed by atoms with E-state index in [2.05, 4.69) is 25.9 Å². The van der Waals surface area contributed by atoms with Gasteiger partial charge in [0.05, 0.1) is 27.0 Å². The number of hydrogen-bond acceptors (Lipinski definition) is 2. The lowest BCUT2D eigenvalue weighted by atomic mass is 10.0. The van der Waals surface area contributed by atoms with Gasteiger partial charge in [-0.25, -0.2) is 8.78 Å². The van der Waals surface area contributed by atoms with Gasteiger partial charge in [-0.1, -0.05) is 12.1 Å². The van der Waals surface area contributed by atoms with Crippen LogP contribution in [0.5, 0.6) is 0 Å². The molecule has 11 heteroatoms. The zero-order valence-electron chi connectivity index (χ0n) is 15.2. The maximum atomic E-state index is 13.5. The zero-order chi connectivity index (χ0) is 22.3. The van der Waals surface area contributed by atoms with Crippen LogP contribution in [0.3, 0.4) is 0 Å². The number of benzene rings is 2. The Hall–Kier alpha value is -3.21. The van der Waals surface area contributed by atoms with Crippen molar-refractivity contribution >= 4 is 38.6 Å². The van der Waals surface area contributed by atoms with Crippen LogP contribution in [0.25, 0.3) is 10.9 Å². The van der Waals surface area contributed by atoms with Gasteiger partial charge < -0.3 is 15.6 Å². The Bertz CT molecular complexity index is 1120. The number of halogens is 5. The number of rotatable bonds is 3. The second kappa shape index (κ2) is 7.56. The fourth-order valence-corrected chi connectivity index (χ4v) is 3.03. The average Bonchev–Trinajstić information content (AvgIpc) is 3.02. The second-order valence-electron chi connectivity index (χ2n) is 6.62. The Morgan fingerprint density at radius 3 is 2.13 bits per heavy atom. The van der Waals surface area contributed by atoms with Crippen LogP contribution >= 0.6 is 0 Å². The maximum absolute atomic E-state index is 13.5. The molecule has 1 heterocycles. The van der Waals surface area contributed by atoms with Gasteiger partial charge in [0.15, 0.2) is 11.6 Å². The van der Waals surface area contributed by atoms with Crippen molar-refractivity contribution in [2.24, 2.45) is 0 Å². The summed E-state index contributed by atoms with van der Waals surface area (Å²) in [6.45, 7) is 1.43. The van der Waals surface area contributed by atoms with Gasteiger partial charge in [0.25, 0.3) is 0 Å². The number of aromatic nitrogens is 1. The molecule has 0 aliphatic carbocycles. The van der Waals surface area contributed by atoms with Crippen molar-refractivity contribution in [1.29, 1.82) is 0 Å². The number of carbonyl (C=O) groups is 2. The molecule has 3 aromatic rings. The van der Waals surface area contributed by atoms with Crippen molar-refractivity contribution in [3.05, 3.63) is 65.4 Å².